The molecule has 0 amide bonds. The van der Waals surface area contributed by atoms with Crippen LogP contribution < -0.4 is 5.73 Å². The molecule has 0 aliphatic heterocycles. The van der Waals surface area contributed by atoms with E-state index in [2.05, 4.69) is 0 Å². The van der Waals surface area contributed by atoms with Crippen molar-refractivity contribution in [2.24, 2.45) is 5.73 Å². The van der Waals surface area contributed by atoms with Gasteiger partial charge in [0.05, 0.1) is 0 Å². The second kappa shape index (κ2) is 3.47. The highest BCUT2D eigenvalue weighted by Crippen LogP contribution is 2.04. The number of allylic oxidation sites excluding steroid dienone is 2. The minimum absolute atomic E-state index is 0.244. The molecule has 0 atom stereocenters. The summed E-state index contributed by atoms with van der Waals surface area (Å²) in [4.78, 5) is 0. The zero-order valence-corrected chi connectivity index (χ0v) is 5.37. The van der Waals surface area contributed by atoms with E-state index in [9.17, 15) is 4.39 Å². The Bertz CT molecular complexity index is 92.7. The van der Waals surface area contributed by atoms with Crippen LogP contribution in [0.2, 0.25) is 0 Å². The third kappa shape index (κ3) is 2.61. The third-order valence-corrected chi connectivity index (χ3v) is 0.962. The van der Waals surface area contributed by atoms with Crippen LogP contribution in [0.5, 0.6) is 0 Å². The van der Waals surface area contributed by atoms with Crippen LogP contribution >= 0.6 is 0 Å². The zero-order chi connectivity index (χ0) is 6.57. The predicted octanol–water partition coefficient (Wildman–Crippen LogP) is 1.95. The normalized spacial score (nSPS) is 13.4. The number of rotatable bonds is 2. The summed E-state index contributed by atoms with van der Waals surface area (Å²) >= 11 is 0. The second-order valence-corrected chi connectivity index (χ2v) is 1.81. The van der Waals surface area contributed by atoms with Crippen LogP contribution in [0, 0.1) is 0 Å². The smallest absolute Gasteiger partial charge is 0.115 e. The van der Waals surface area contributed by atoms with Crippen molar-refractivity contribution in [3.05, 3.63) is 11.5 Å². The summed E-state index contributed by atoms with van der Waals surface area (Å²) < 4.78 is 12.0. The van der Waals surface area contributed by atoms with Gasteiger partial charge in [0.25, 0.3) is 0 Å². The van der Waals surface area contributed by atoms with E-state index in [-0.39, 0.29) is 5.83 Å². The molecule has 1 nitrogen and oxygen atoms in total. The Hall–Kier alpha value is -0.530. The van der Waals surface area contributed by atoms with Crippen LogP contribution in [-0.2, 0) is 0 Å². The molecule has 0 aromatic heterocycles. The van der Waals surface area contributed by atoms with Crippen LogP contribution in [0.15, 0.2) is 11.5 Å². The van der Waals surface area contributed by atoms with Crippen molar-refractivity contribution < 1.29 is 4.39 Å². The highest BCUT2D eigenvalue weighted by atomic mass is 19.1. The molecule has 0 radical (unpaired) electrons. The summed E-state index contributed by atoms with van der Waals surface area (Å²) in [7, 11) is 0. The largest absolute Gasteiger partial charge is 0.400 e. The molecule has 0 aromatic rings. The van der Waals surface area contributed by atoms with Gasteiger partial charge < -0.3 is 5.73 Å². The molecule has 0 bridgehead atoms. The van der Waals surface area contributed by atoms with Gasteiger partial charge in [0.15, 0.2) is 0 Å². The molecular formula is C6H12FN. The van der Waals surface area contributed by atoms with E-state index in [1.807, 2.05) is 6.92 Å². The Labute approximate surface area is 49.4 Å². The average molecular weight is 117 g/mol. The Morgan fingerprint density at radius 1 is 1.62 bits per heavy atom. The SMILES string of the molecule is CCC/C(N)=C(\C)F. The monoisotopic (exact) mass is 117 g/mol. The van der Waals surface area contributed by atoms with Gasteiger partial charge in [-0.2, -0.15) is 0 Å². The van der Waals surface area contributed by atoms with Gasteiger partial charge in [-0.05, 0) is 13.3 Å². The van der Waals surface area contributed by atoms with E-state index in [0.29, 0.717) is 12.1 Å². The van der Waals surface area contributed by atoms with Gasteiger partial charge in [-0.1, -0.05) is 13.3 Å². The lowest BCUT2D eigenvalue weighted by atomic mass is 10.2. The van der Waals surface area contributed by atoms with Crippen molar-refractivity contribution in [1.29, 1.82) is 0 Å². The Balaban J connectivity index is 3.62. The van der Waals surface area contributed by atoms with Crippen LogP contribution in [0.25, 0.3) is 0 Å². The van der Waals surface area contributed by atoms with Crippen LogP contribution in [0.3, 0.4) is 0 Å². The second-order valence-electron chi connectivity index (χ2n) is 1.81. The van der Waals surface area contributed by atoms with E-state index in [4.69, 9.17) is 5.73 Å². The third-order valence-electron chi connectivity index (χ3n) is 0.962. The van der Waals surface area contributed by atoms with Crippen LogP contribution in [0.4, 0.5) is 4.39 Å². The molecule has 8 heavy (non-hydrogen) atoms. The Morgan fingerprint density at radius 3 is 2.25 bits per heavy atom. The molecule has 2 N–H and O–H groups in total. The fourth-order valence-corrected chi connectivity index (χ4v) is 0.442. The maximum Gasteiger partial charge on any atom is 0.115 e. The van der Waals surface area contributed by atoms with Crippen LogP contribution in [0.1, 0.15) is 26.7 Å². The molecule has 0 saturated carbocycles. The molecule has 0 unspecified atom stereocenters. The number of halogens is 1. The molecule has 0 aromatic carbocycles. The first-order valence-corrected chi connectivity index (χ1v) is 2.79. The molecular weight excluding hydrogens is 105 g/mol. The van der Waals surface area contributed by atoms with E-state index in [0.717, 1.165) is 6.42 Å². The van der Waals surface area contributed by atoms with Gasteiger partial charge in [0, 0.05) is 5.70 Å². The minimum Gasteiger partial charge on any atom is -0.400 e. The predicted molar refractivity (Wildman–Crippen MR) is 32.9 cm³/mol. The van der Waals surface area contributed by atoms with E-state index < -0.39 is 0 Å². The molecule has 0 heterocycles. The molecule has 0 saturated heterocycles. The summed E-state index contributed by atoms with van der Waals surface area (Å²) in [6.07, 6.45) is 1.58. The van der Waals surface area contributed by atoms with Gasteiger partial charge in [-0.15, -0.1) is 0 Å². The summed E-state index contributed by atoms with van der Waals surface area (Å²) in [5.74, 6) is -0.244. The topological polar surface area (TPSA) is 26.0 Å². The van der Waals surface area contributed by atoms with Crippen LogP contribution in [-0.4, -0.2) is 0 Å². The maximum absolute atomic E-state index is 12.0. The lowest BCUT2D eigenvalue weighted by molar-refractivity contribution is 0.614. The van der Waals surface area contributed by atoms with Crippen molar-refractivity contribution in [3.63, 3.8) is 0 Å². The first-order valence-electron chi connectivity index (χ1n) is 2.79. The molecule has 0 aliphatic carbocycles. The van der Waals surface area contributed by atoms with E-state index >= 15 is 0 Å². The zero-order valence-electron chi connectivity index (χ0n) is 5.37. The number of hydrogen-bond acceptors (Lipinski definition) is 1. The van der Waals surface area contributed by atoms with Crippen molar-refractivity contribution in [1.82, 2.24) is 0 Å². The maximum atomic E-state index is 12.0. The fourth-order valence-electron chi connectivity index (χ4n) is 0.442. The van der Waals surface area contributed by atoms with Gasteiger partial charge >= 0.3 is 0 Å². The molecule has 48 valence electrons. The van der Waals surface area contributed by atoms with Gasteiger partial charge in [0.1, 0.15) is 5.83 Å². The molecule has 0 spiro atoms. The van der Waals surface area contributed by atoms with Crippen molar-refractivity contribution in [2.75, 3.05) is 0 Å². The number of nitrogens with two attached hydrogens (primary N) is 1. The van der Waals surface area contributed by atoms with Gasteiger partial charge in [-0.3, -0.25) is 0 Å². The summed E-state index contributed by atoms with van der Waals surface area (Å²) in [6, 6.07) is 0. The first-order chi connectivity index (χ1) is 3.68. The summed E-state index contributed by atoms with van der Waals surface area (Å²) in [6.45, 7) is 3.35. The Kier molecular flexibility index (Phi) is 3.24. The van der Waals surface area contributed by atoms with Gasteiger partial charge in [0.2, 0.25) is 0 Å². The number of hydrogen-bond donors (Lipinski definition) is 1. The highest BCUT2D eigenvalue weighted by molar-refractivity contribution is 4.99. The fraction of sp³-hybridized carbons (Fsp3) is 0.667. The Morgan fingerprint density at radius 2 is 2.12 bits per heavy atom. The standard InChI is InChI=1S/C6H12FN/c1-3-4-6(8)5(2)7/h3-4,8H2,1-2H3/b6-5-. The van der Waals surface area contributed by atoms with Gasteiger partial charge in [-0.25, -0.2) is 4.39 Å². The summed E-state index contributed by atoms with van der Waals surface area (Å²) in [5.41, 5.74) is 5.61. The van der Waals surface area contributed by atoms with Crippen molar-refractivity contribution in [3.8, 4) is 0 Å². The average Bonchev–Trinajstić information content (AvgIpc) is 1.67. The van der Waals surface area contributed by atoms with Crippen molar-refractivity contribution >= 4 is 0 Å². The van der Waals surface area contributed by atoms with E-state index in [1.54, 1.807) is 0 Å². The molecule has 0 rings (SSSR count). The van der Waals surface area contributed by atoms with Crippen molar-refractivity contribution in [2.45, 2.75) is 26.7 Å². The molecule has 2 heteroatoms. The first kappa shape index (κ1) is 7.47. The summed E-state index contributed by atoms with van der Waals surface area (Å²) in [5, 5.41) is 0. The molecule has 0 aliphatic rings. The lowest BCUT2D eigenvalue weighted by Crippen LogP contribution is -1.97. The van der Waals surface area contributed by atoms with E-state index in [1.165, 1.54) is 6.92 Å². The molecule has 0 fully saturated rings. The minimum atomic E-state index is -0.244. The highest BCUT2D eigenvalue weighted by Gasteiger charge is 1.91. The lowest BCUT2D eigenvalue weighted by Gasteiger charge is -1.95. The quantitative estimate of drug-likeness (QED) is 0.587.